The molecule has 1 N–H and O–H groups in total. The molecule has 0 spiro atoms. The van der Waals surface area contributed by atoms with E-state index in [0.29, 0.717) is 24.5 Å². The molecule has 0 saturated carbocycles. The first-order chi connectivity index (χ1) is 13.1. The minimum atomic E-state index is -0.0305. The third kappa shape index (κ3) is 5.37. The zero-order valence-corrected chi connectivity index (χ0v) is 15.6. The zero-order valence-electron chi connectivity index (χ0n) is 15.6. The number of unbranched alkanes of at least 4 members (excludes halogenated alkanes) is 1. The summed E-state index contributed by atoms with van der Waals surface area (Å²) in [5.74, 6) is 1.53. The van der Waals surface area contributed by atoms with E-state index in [4.69, 9.17) is 4.74 Å². The van der Waals surface area contributed by atoms with Crippen molar-refractivity contribution in [3.63, 3.8) is 0 Å². The maximum Gasteiger partial charge on any atom is 0.224 e. The van der Waals surface area contributed by atoms with E-state index in [1.54, 1.807) is 29.3 Å². The topological polar surface area (TPSA) is 81.9 Å². The van der Waals surface area contributed by atoms with E-state index in [9.17, 15) is 4.79 Å². The van der Waals surface area contributed by atoms with Gasteiger partial charge in [0.15, 0.2) is 5.82 Å². The van der Waals surface area contributed by atoms with Crippen LogP contribution in [0.5, 0.6) is 5.75 Å². The highest BCUT2D eigenvalue weighted by Gasteiger charge is 2.05. The molecule has 0 atom stereocenters. The number of carbonyl (C=O) groups excluding carboxylic acids is 1. The van der Waals surface area contributed by atoms with Crippen molar-refractivity contribution in [3.8, 4) is 11.6 Å². The number of aromatic nitrogens is 4. The van der Waals surface area contributed by atoms with Crippen LogP contribution >= 0.6 is 0 Å². The van der Waals surface area contributed by atoms with Crippen LogP contribution in [0.25, 0.3) is 5.82 Å². The molecule has 0 radical (unpaired) electrons. The second kappa shape index (κ2) is 8.93. The van der Waals surface area contributed by atoms with Gasteiger partial charge in [-0.3, -0.25) is 4.79 Å². The second-order valence-electron chi connectivity index (χ2n) is 6.37. The van der Waals surface area contributed by atoms with Crippen molar-refractivity contribution in [2.75, 3.05) is 11.9 Å². The Morgan fingerprint density at radius 2 is 2.07 bits per heavy atom. The summed E-state index contributed by atoms with van der Waals surface area (Å²) in [6, 6.07) is 9.74. The lowest BCUT2D eigenvalue weighted by Gasteiger charge is -2.10. The van der Waals surface area contributed by atoms with Gasteiger partial charge in [-0.25, -0.2) is 14.6 Å². The predicted molar refractivity (Wildman–Crippen MR) is 103 cm³/mol. The summed E-state index contributed by atoms with van der Waals surface area (Å²) in [6.07, 6.45) is 6.66. The highest BCUT2D eigenvalue weighted by molar-refractivity contribution is 5.90. The number of benzene rings is 1. The molecule has 2 heterocycles. The SMILES string of the molecule is Cc1ccc(C)c(OCCCCC(=O)Nc2ccc(-n3cncn3)nc2)c1. The number of carbonyl (C=O) groups is 1. The largest absolute Gasteiger partial charge is 0.493 e. The number of aryl methyl sites for hydroxylation is 2. The molecule has 0 aliphatic carbocycles. The monoisotopic (exact) mass is 365 g/mol. The van der Waals surface area contributed by atoms with Crippen LogP contribution in [0.1, 0.15) is 30.4 Å². The molecular formula is C20H23N5O2. The van der Waals surface area contributed by atoms with Crippen molar-refractivity contribution < 1.29 is 9.53 Å². The van der Waals surface area contributed by atoms with E-state index in [2.05, 4.69) is 32.5 Å². The molecule has 7 nitrogen and oxygen atoms in total. The van der Waals surface area contributed by atoms with E-state index in [1.165, 1.54) is 11.9 Å². The van der Waals surface area contributed by atoms with Gasteiger partial charge in [0, 0.05) is 6.42 Å². The van der Waals surface area contributed by atoms with Gasteiger partial charge < -0.3 is 10.1 Å². The standard InChI is InChI=1S/C20H23N5O2/c1-15-6-7-16(2)18(11-15)27-10-4-3-5-20(26)24-17-8-9-19(22-12-17)25-14-21-13-23-25/h6-9,11-14H,3-5,10H2,1-2H3,(H,24,26). The van der Waals surface area contributed by atoms with Crippen molar-refractivity contribution in [1.29, 1.82) is 0 Å². The maximum atomic E-state index is 12.1. The van der Waals surface area contributed by atoms with Gasteiger partial charge in [-0.05, 0) is 56.0 Å². The summed E-state index contributed by atoms with van der Waals surface area (Å²) in [7, 11) is 0. The van der Waals surface area contributed by atoms with Crippen LogP contribution in [0.4, 0.5) is 5.69 Å². The van der Waals surface area contributed by atoms with Crippen molar-refractivity contribution in [1.82, 2.24) is 19.7 Å². The molecule has 0 fully saturated rings. The summed E-state index contributed by atoms with van der Waals surface area (Å²) in [5, 5.41) is 6.86. The number of rotatable bonds is 8. The summed E-state index contributed by atoms with van der Waals surface area (Å²) in [4.78, 5) is 20.2. The van der Waals surface area contributed by atoms with Gasteiger partial charge in [-0.2, -0.15) is 5.10 Å². The van der Waals surface area contributed by atoms with Gasteiger partial charge in [-0.1, -0.05) is 12.1 Å². The number of anilines is 1. The first-order valence-corrected chi connectivity index (χ1v) is 8.93. The summed E-state index contributed by atoms with van der Waals surface area (Å²) in [5.41, 5.74) is 2.97. The van der Waals surface area contributed by atoms with Gasteiger partial charge in [0.1, 0.15) is 18.4 Å². The third-order valence-corrected chi connectivity index (χ3v) is 4.08. The predicted octanol–water partition coefficient (Wildman–Crippen LogP) is 3.47. The Bertz CT molecular complexity index is 876. The van der Waals surface area contributed by atoms with Gasteiger partial charge >= 0.3 is 0 Å². The van der Waals surface area contributed by atoms with E-state index in [1.807, 2.05) is 19.9 Å². The quantitative estimate of drug-likeness (QED) is 0.618. The van der Waals surface area contributed by atoms with Crippen LogP contribution in [0.2, 0.25) is 0 Å². The molecule has 0 bridgehead atoms. The maximum absolute atomic E-state index is 12.1. The van der Waals surface area contributed by atoms with E-state index >= 15 is 0 Å². The number of hydrogen-bond acceptors (Lipinski definition) is 5. The molecule has 0 aliphatic heterocycles. The first-order valence-electron chi connectivity index (χ1n) is 8.93. The second-order valence-corrected chi connectivity index (χ2v) is 6.37. The van der Waals surface area contributed by atoms with Crippen LogP contribution in [0.15, 0.2) is 49.2 Å². The highest BCUT2D eigenvalue weighted by Crippen LogP contribution is 2.19. The minimum absolute atomic E-state index is 0.0305. The van der Waals surface area contributed by atoms with Gasteiger partial charge in [-0.15, -0.1) is 0 Å². The Hall–Kier alpha value is -3.22. The Morgan fingerprint density at radius 3 is 2.81 bits per heavy atom. The lowest BCUT2D eigenvalue weighted by atomic mass is 10.1. The fourth-order valence-corrected chi connectivity index (χ4v) is 2.58. The van der Waals surface area contributed by atoms with E-state index in [0.717, 1.165) is 24.2 Å². The highest BCUT2D eigenvalue weighted by atomic mass is 16.5. The average molecular weight is 365 g/mol. The van der Waals surface area contributed by atoms with Gasteiger partial charge in [0.05, 0.1) is 18.5 Å². The number of ether oxygens (including phenoxy) is 1. The first kappa shape index (κ1) is 18.6. The van der Waals surface area contributed by atoms with Crippen LogP contribution in [-0.4, -0.2) is 32.3 Å². The Kier molecular flexibility index (Phi) is 6.14. The number of nitrogens with zero attached hydrogens (tertiary/aromatic N) is 4. The number of amides is 1. The molecule has 0 aliphatic rings. The van der Waals surface area contributed by atoms with Crippen molar-refractivity contribution in [2.45, 2.75) is 33.1 Å². The van der Waals surface area contributed by atoms with Crippen molar-refractivity contribution >= 4 is 11.6 Å². The zero-order chi connectivity index (χ0) is 19.1. The molecule has 27 heavy (non-hydrogen) atoms. The molecule has 1 aromatic carbocycles. The Labute approximate surface area is 158 Å². The molecule has 0 unspecified atom stereocenters. The van der Waals surface area contributed by atoms with Gasteiger partial charge in [0.2, 0.25) is 5.91 Å². The average Bonchev–Trinajstić information content (AvgIpc) is 3.19. The number of nitrogens with one attached hydrogen (secondary N) is 1. The molecule has 140 valence electrons. The van der Waals surface area contributed by atoms with Crippen LogP contribution in [0.3, 0.4) is 0 Å². The molecule has 0 saturated heterocycles. The lowest BCUT2D eigenvalue weighted by molar-refractivity contribution is -0.116. The molecule has 7 heteroatoms. The van der Waals surface area contributed by atoms with Gasteiger partial charge in [0.25, 0.3) is 0 Å². The summed E-state index contributed by atoms with van der Waals surface area (Å²) in [6.45, 7) is 4.68. The fraction of sp³-hybridized carbons (Fsp3) is 0.300. The Morgan fingerprint density at radius 1 is 1.19 bits per heavy atom. The van der Waals surface area contributed by atoms with Crippen LogP contribution in [0, 0.1) is 13.8 Å². The number of hydrogen-bond donors (Lipinski definition) is 1. The van der Waals surface area contributed by atoms with Crippen molar-refractivity contribution in [3.05, 3.63) is 60.3 Å². The minimum Gasteiger partial charge on any atom is -0.493 e. The molecule has 3 rings (SSSR count). The lowest BCUT2D eigenvalue weighted by Crippen LogP contribution is -2.12. The smallest absolute Gasteiger partial charge is 0.224 e. The molecule has 1 amide bonds. The third-order valence-electron chi connectivity index (χ3n) is 4.08. The van der Waals surface area contributed by atoms with E-state index < -0.39 is 0 Å². The van der Waals surface area contributed by atoms with Crippen LogP contribution < -0.4 is 10.1 Å². The summed E-state index contributed by atoms with van der Waals surface area (Å²) >= 11 is 0. The number of pyridine rings is 1. The summed E-state index contributed by atoms with van der Waals surface area (Å²) < 4.78 is 7.37. The Balaban J connectivity index is 1.38. The molecular weight excluding hydrogens is 342 g/mol. The molecule has 2 aromatic heterocycles. The fourth-order valence-electron chi connectivity index (χ4n) is 2.58. The van der Waals surface area contributed by atoms with E-state index in [-0.39, 0.29) is 5.91 Å². The molecule has 3 aromatic rings. The van der Waals surface area contributed by atoms with Crippen LogP contribution in [-0.2, 0) is 4.79 Å². The van der Waals surface area contributed by atoms with Crippen molar-refractivity contribution in [2.24, 2.45) is 0 Å². The normalized spacial score (nSPS) is 10.6.